The van der Waals surface area contributed by atoms with Crippen molar-refractivity contribution in [2.24, 2.45) is 0 Å². The van der Waals surface area contributed by atoms with Gasteiger partial charge in [0.15, 0.2) is 11.5 Å². The van der Waals surface area contributed by atoms with Crippen LogP contribution in [0.2, 0.25) is 5.02 Å². The van der Waals surface area contributed by atoms with Crippen LogP contribution in [-0.4, -0.2) is 54.7 Å². The van der Waals surface area contributed by atoms with Crippen molar-refractivity contribution in [2.45, 2.75) is 13.0 Å². The molecule has 0 radical (unpaired) electrons. The summed E-state index contributed by atoms with van der Waals surface area (Å²) in [7, 11) is 4.00. The summed E-state index contributed by atoms with van der Waals surface area (Å²) < 4.78 is 10.8. The molecule has 0 aliphatic carbocycles. The van der Waals surface area contributed by atoms with Crippen molar-refractivity contribution in [1.82, 2.24) is 14.8 Å². The minimum atomic E-state index is 0.0457. The van der Waals surface area contributed by atoms with E-state index in [0.717, 1.165) is 39.9 Å². The van der Waals surface area contributed by atoms with Gasteiger partial charge in [0, 0.05) is 35.6 Å². The van der Waals surface area contributed by atoms with E-state index in [9.17, 15) is 4.79 Å². The van der Waals surface area contributed by atoms with Gasteiger partial charge in [-0.25, -0.2) is 4.98 Å². The third-order valence-electron chi connectivity index (χ3n) is 4.94. The monoisotopic (exact) mass is 457 g/mol. The zero-order chi connectivity index (χ0) is 21.8. The van der Waals surface area contributed by atoms with Gasteiger partial charge in [-0.1, -0.05) is 23.7 Å². The number of thiazole rings is 1. The minimum absolute atomic E-state index is 0.0457. The highest BCUT2D eigenvalue weighted by Crippen LogP contribution is 2.36. The van der Waals surface area contributed by atoms with E-state index in [0.29, 0.717) is 18.1 Å². The van der Waals surface area contributed by atoms with Gasteiger partial charge in [0.25, 0.3) is 0 Å². The van der Waals surface area contributed by atoms with Gasteiger partial charge in [-0.2, -0.15) is 0 Å². The molecular weight excluding hydrogens is 434 g/mol. The summed E-state index contributed by atoms with van der Waals surface area (Å²) in [5, 5.41) is 3.47. The summed E-state index contributed by atoms with van der Waals surface area (Å²) in [6, 6.07) is 13.4. The molecule has 2 aromatic carbocycles. The molecule has 0 spiro atoms. The summed E-state index contributed by atoms with van der Waals surface area (Å²) in [4.78, 5) is 21.7. The first-order valence-corrected chi connectivity index (χ1v) is 11.2. The fourth-order valence-corrected chi connectivity index (χ4v) is 4.32. The summed E-state index contributed by atoms with van der Waals surface area (Å²) in [6.07, 6.45) is 0.259. The molecule has 162 valence electrons. The Labute approximate surface area is 191 Å². The molecule has 0 saturated heterocycles. The Hall–Kier alpha value is -2.61. The SMILES string of the molecule is CN(C)CCN(Cc1cccc(Cl)c1)C(=O)Cc1csc(-c2ccc3c(c2)OCO3)n1. The molecule has 0 unspecified atom stereocenters. The average molecular weight is 458 g/mol. The van der Waals surface area contributed by atoms with Gasteiger partial charge in [-0.15, -0.1) is 11.3 Å². The van der Waals surface area contributed by atoms with Crippen LogP contribution in [0.3, 0.4) is 0 Å². The number of rotatable bonds is 8. The van der Waals surface area contributed by atoms with Crippen LogP contribution in [-0.2, 0) is 17.8 Å². The number of nitrogens with zero attached hydrogens (tertiary/aromatic N) is 3. The largest absolute Gasteiger partial charge is 0.454 e. The van der Waals surface area contributed by atoms with Crippen LogP contribution in [0.5, 0.6) is 11.5 Å². The van der Waals surface area contributed by atoms with Gasteiger partial charge in [0.05, 0.1) is 12.1 Å². The number of benzene rings is 2. The molecule has 3 aromatic rings. The lowest BCUT2D eigenvalue weighted by Crippen LogP contribution is -2.37. The Morgan fingerprint density at radius 2 is 1.97 bits per heavy atom. The molecule has 31 heavy (non-hydrogen) atoms. The van der Waals surface area contributed by atoms with E-state index < -0.39 is 0 Å². The first-order valence-electron chi connectivity index (χ1n) is 9.99. The maximum Gasteiger partial charge on any atom is 0.231 e. The van der Waals surface area contributed by atoms with Crippen LogP contribution in [0.15, 0.2) is 47.8 Å². The molecule has 1 aromatic heterocycles. The van der Waals surface area contributed by atoms with Crippen molar-refractivity contribution in [2.75, 3.05) is 34.0 Å². The Kier molecular flexibility index (Phi) is 6.75. The molecule has 0 N–H and O–H groups in total. The Balaban J connectivity index is 1.46. The predicted octanol–water partition coefficient (Wildman–Crippen LogP) is 4.33. The predicted molar refractivity (Wildman–Crippen MR) is 123 cm³/mol. The summed E-state index contributed by atoms with van der Waals surface area (Å²) in [5.41, 5.74) is 2.74. The molecule has 0 fully saturated rings. The van der Waals surface area contributed by atoms with Crippen LogP contribution >= 0.6 is 22.9 Å². The van der Waals surface area contributed by atoms with Crippen LogP contribution in [0.4, 0.5) is 0 Å². The number of carbonyl (C=O) groups excluding carboxylic acids is 1. The summed E-state index contributed by atoms with van der Waals surface area (Å²) >= 11 is 7.65. The minimum Gasteiger partial charge on any atom is -0.454 e. The second kappa shape index (κ2) is 9.68. The summed E-state index contributed by atoms with van der Waals surface area (Å²) in [6.45, 7) is 2.18. The maximum absolute atomic E-state index is 13.1. The lowest BCUT2D eigenvalue weighted by Gasteiger charge is -2.24. The molecular formula is C23H24ClN3O3S. The first-order chi connectivity index (χ1) is 15.0. The lowest BCUT2D eigenvalue weighted by molar-refractivity contribution is -0.131. The lowest BCUT2D eigenvalue weighted by atomic mass is 10.2. The number of hydrogen-bond donors (Lipinski definition) is 0. The number of amides is 1. The molecule has 1 aliphatic heterocycles. The molecule has 0 saturated carbocycles. The van der Waals surface area contributed by atoms with Gasteiger partial charge in [-0.05, 0) is 50.0 Å². The number of hydrogen-bond acceptors (Lipinski definition) is 6. The van der Waals surface area contributed by atoms with Gasteiger partial charge in [0.2, 0.25) is 12.7 Å². The fourth-order valence-electron chi connectivity index (χ4n) is 3.29. The second-order valence-electron chi connectivity index (χ2n) is 7.64. The third kappa shape index (κ3) is 5.55. The zero-order valence-corrected chi connectivity index (χ0v) is 19.1. The Morgan fingerprint density at radius 3 is 2.77 bits per heavy atom. The van der Waals surface area contributed by atoms with E-state index in [1.165, 1.54) is 11.3 Å². The number of carbonyl (C=O) groups is 1. The first kappa shape index (κ1) is 21.6. The van der Waals surface area contributed by atoms with E-state index in [1.54, 1.807) is 0 Å². The molecule has 2 heterocycles. The quantitative estimate of drug-likeness (QED) is 0.504. The number of ether oxygens (including phenoxy) is 2. The van der Waals surface area contributed by atoms with E-state index in [-0.39, 0.29) is 19.1 Å². The van der Waals surface area contributed by atoms with Gasteiger partial charge < -0.3 is 19.3 Å². The van der Waals surface area contributed by atoms with E-state index in [1.807, 2.05) is 66.8 Å². The molecule has 4 rings (SSSR count). The number of halogens is 1. The molecule has 0 bridgehead atoms. The Bertz CT molecular complexity index is 1070. The molecule has 6 nitrogen and oxygen atoms in total. The van der Waals surface area contributed by atoms with Gasteiger partial charge in [0.1, 0.15) is 5.01 Å². The normalized spacial score (nSPS) is 12.4. The van der Waals surface area contributed by atoms with E-state index in [4.69, 9.17) is 21.1 Å². The number of likely N-dealkylation sites (N-methyl/N-ethyl adjacent to an activating group) is 1. The zero-order valence-electron chi connectivity index (χ0n) is 17.5. The number of aromatic nitrogens is 1. The van der Waals surface area contributed by atoms with Crippen molar-refractivity contribution in [3.8, 4) is 22.1 Å². The van der Waals surface area contributed by atoms with Crippen molar-refractivity contribution in [3.05, 3.63) is 64.1 Å². The van der Waals surface area contributed by atoms with Crippen molar-refractivity contribution >= 4 is 28.8 Å². The smallest absolute Gasteiger partial charge is 0.231 e. The van der Waals surface area contributed by atoms with Gasteiger partial charge in [-0.3, -0.25) is 4.79 Å². The highest BCUT2D eigenvalue weighted by atomic mass is 35.5. The molecule has 8 heteroatoms. The van der Waals surface area contributed by atoms with Crippen molar-refractivity contribution in [3.63, 3.8) is 0 Å². The van der Waals surface area contributed by atoms with E-state index in [2.05, 4.69) is 9.88 Å². The van der Waals surface area contributed by atoms with Crippen molar-refractivity contribution < 1.29 is 14.3 Å². The third-order valence-corrected chi connectivity index (χ3v) is 6.11. The van der Waals surface area contributed by atoms with Gasteiger partial charge >= 0.3 is 0 Å². The molecule has 0 atom stereocenters. The Morgan fingerprint density at radius 1 is 1.13 bits per heavy atom. The van der Waals surface area contributed by atoms with E-state index >= 15 is 0 Å². The molecule has 1 aliphatic rings. The summed E-state index contributed by atoms with van der Waals surface area (Å²) in [5.74, 6) is 1.51. The second-order valence-corrected chi connectivity index (χ2v) is 8.93. The highest BCUT2D eigenvalue weighted by molar-refractivity contribution is 7.13. The van der Waals surface area contributed by atoms with Crippen LogP contribution in [0.1, 0.15) is 11.3 Å². The average Bonchev–Trinajstić information content (AvgIpc) is 3.39. The van der Waals surface area contributed by atoms with Crippen LogP contribution < -0.4 is 9.47 Å². The van der Waals surface area contributed by atoms with Crippen LogP contribution in [0, 0.1) is 0 Å². The van der Waals surface area contributed by atoms with Crippen LogP contribution in [0.25, 0.3) is 10.6 Å². The number of fused-ring (bicyclic) bond motifs is 1. The van der Waals surface area contributed by atoms with Crippen molar-refractivity contribution in [1.29, 1.82) is 0 Å². The fraction of sp³-hybridized carbons (Fsp3) is 0.304. The highest BCUT2D eigenvalue weighted by Gasteiger charge is 2.19. The standard InChI is InChI=1S/C23H24ClN3O3S/c1-26(2)8-9-27(13-16-4-3-5-18(24)10-16)22(28)12-19-14-31-23(25-19)17-6-7-20-21(11-17)30-15-29-20/h3-7,10-11,14H,8-9,12-13,15H2,1-2H3. The topological polar surface area (TPSA) is 54.9 Å². The maximum atomic E-state index is 13.1. The molecule has 1 amide bonds.